The van der Waals surface area contributed by atoms with Gasteiger partial charge in [0.1, 0.15) is 11.6 Å². The summed E-state index contributed by atoms with van der Waals surface area (Å²) in [6, 6.07) is 10.9. The van der Waals surface area contributed by atoms with Crippen LogP contribution >= 0.6 is 15.9 Å². The average molecular weight is 348 g/mol. The maximum atomic E-state index is 14.2. The summed E-state index contributed by atoms with van der Waals surface area (Å²) in [7, 11) is 0. The van der Waals surface area contributed by atoms with Crippen LogP contribution in [0, 0.1) is 5.82 Å². The van der Waals surface area contributed by atoms with Gasteiger partial charge in [0.2, 0.25) is 0 Å². The van der Waals surface area contributed by atoms with Gasteiger partial charge in [-0.2, -0.15) is 0 Å². The van der Waals surface area contributed by atoms with Crippen LogP contribution in [0.25, 0.3) is 22.4 Å². The molecule has 0 aliphatic heterocycles. The van der Waals surface area contributed by atoms with Crippen molar-refractivity contribution in [3.05, 3.63) is 52.3 Å². The van der Waals surface area contributed by atoms with E-state index in [-0.39, 0.29) is 5.82 Å². The molecule has 0 aliphatic rings. The van der Waals surface area contributed by atoms with Gasteiger partial charge in [-0.1, -0.05) is 12.1 Å². The first-order valence-corrected chi connectivity index (χ1v) is 7.58. The van der Waals surface area contributed by atoms with Crippen molar-refractivity contribution in [3.63, 3.8) is 0 Å². The zero-order valence-corrected chi connectivity index (χ0v) is 13.2. The Hall–Kier alpha value is -1.72. The van der Waals surface area contributed by atoms with Gasteiger partial charge >= 0.3 is 0 Å². The predicted molar refractivity (Wildman–Crippen MR) is 86.4 cm³/mol. The maximum absolute atomic E-state index is 14.2. The van der Waals surface area contributed by atoms with Gasteiger partial charge in [-0.3, -0.25) is 0 Å². The van der Waals surface area contributed by atoms with Crippen LogP contribution < -0.4 is 5.73 Å². The number of rotatable bonds is 3. The molecule has 3 nitrogen and oxygen atoms in total. The van der Waals surface area contributed by atoms with Crippen LogP contribution in [0.2, 0.25) is 0 Å². The number of fused-ring (bicyclic) bond motifs is 1. The lowest BCUT2D eigenvalue weighted by atomic mass is 10.2. The number of hydrogen-bond donors (Lipinski definition) is 1. The molecule has 0 aliphatic carbocycles. The summed E-state index contributed by atoms with van der Waals surface area (Å²) in [6.45, 7) is 3.21. The van der Waals surface area contributed by atoms with E-state index in [1.165, 1.54) is 6.07 Å². The molecule has 0 atom stereocenters. The quantitative estimate of drug-likeness (QED) is 0.775. The minimum atomic E-state index is -0.284. The van der Waals surface area contributed by atoms with Crippen molar-refractivity contribution in [3.8, 4) is 11.4 Å². The van der Waals surface area contributed by atoms with Gasteiger partial charge in [0.25, 0.3) is 0 Å². The fourth-order valence-corrected chi connectivity index (χ4v) is 3.04. The van der Waals surface area contributed by atoms with Crippen LogP contribution in [0.3, 0.4) is 0 Å². The Morgan fingerprint density at radius 3 is 2.76 bits per heavy atom. The minimum absolute atomic E-state index is 0.284. The monoisotopic (exact) mass is 347 g/mol. The first-order valence-electron chi connectivity index (χ1n) is 6.79. The first kappa shape index (κ1) is 14.2. The number of aryl methyl sites for hydroxylation is 1. The Morgan fingerprint density at radius 1 is 1.29 bits per heavy atom. The van der Waals surface area contributed by atoms with E-state index in [1.807, 2.05) is 35.8 Å². The van der Waals surface area contributed by atoms with Gasteiger partial charge in [0.05, 0.1) is 16.6 Å². The van der Waals surface area contributed by atoms with E-state index < -0.39 is 0 Å². The lowest BCUT2D eigenvalue weighted by Gasteiger charge is -2.08. The molecule has 2 aromatic carbocycles. The summed E-state index contributed by atoms with van der Waals surface area (Å²) in [5, 5.41) is 0. The summed E-state index contributed by atoms with van der Waals surface area (Å²) in [4.78, 5) is 4.62. The predicted octanol–water partition coefficient (Wildman–Crippen LogP) is 4.08. The molecule has 5 heteroatoms. The second kappa shape index (κ2) is 5.58. The van der Waals surface area contributed by atoms with Crippen molar-refractivity contribution in [1.29, 1.82) is 0 Å². The summed E-state index contributed by atoms with van der Waals surface area (Å²) < 4.78 is 16.9. The zero-order chi connectivity index (χ0) is 15.0. The van der Waals surface area contributed by atoms with Crippen LogP contribution in [0.5, 0.6) is 0 Å². The van der Waals surface area contributed by atoms with Crippen LogP contribution in [0.1, 0.15) is 12.5 Å². The van der Waals surface area contributed by atoms with Crippen molar-refractivity contribution >= 4 is 27.0 Å². The molecule has 1 heterocycles. The highest BCUT2D eigenvalue weighted by Gasteiger charge is 2.17. The molecule has 0 fully saturated rings. The minimum Gasteiger partial charge on any atom is -0.326 e. The number of benzene rings is 2. The molecule has 0 saturated heterocycles. The lowest BCUT2D eigenvalue weighted by Crippen LogP contribution is -2.00. The van der Waals surface area contributed by atoms with Crippen LogP contribution in [0.4, 0.5) is 4.39 Å². The number of nitrogens with zero attached hydrogens (tertiary/aromatic N) is 2. The molecule has 3 rings (SSSR count). The van der Waals surface area contributed by atoms with Crippen molar-refractivity contribution < 1.29 is 4.39 Å². The standard InChI is InChI=1S/C16H15BrFN3/c1-2-21-14-7-6-10(9-19)8-13(14)20-16(21)15-11(17)4-3-5-12(15)18/h3-8H,2,9,19H2,1H3. The second-order valence-electron chi connectivity index (χ2n) is 4.80. The highest BCUT2D eigenvalue weighted by atomic mass is 79.9. The second-order valence-corrected chi connectivity index (χ2v) is 5.66. The number of aromatic nitrogens is 2. The molecular formula is C16H15BrFN3. The zero-order valence-electron chi connectivity index (χ0n) is 11.6. The molecule has 1 aromatic heterocycles. The molecule has 0 saturated carbocycles. The van der Waals surface area contributed by atoms with Crippen LogP contribution in [-0.2, 0) is 13.1 Å². The molecule has 2 N–H and O–H groups in total. The molecule has 0 amide bonds. The third-order valence-electron chi connectivity index (χ3n) is 3.55. The van der Waals surface area contributed by atoms with E-state index in [1.54, 1.807) is 6.07 Å². The van der Waals surface area contributed by atoms with E-state index in [9.17, 15) is 4.39 Å². The number of hydrogen-bond acceptors (Lipinski definition) is 2. The first-order chi connectivity index (χ1) is 10.2. The molecule has 0 radical (unpaired) electrons. The fraction of sp³-hybridized carbons (Fsp3) is 0.188. The molecule has 0 bridgehead atoms. The van der Waals surface area contributed by atoms with Gasteiger partial charge in [-0.15, -0.1) is 0 Å². The molecule has 0 spiro atoms. The topological polar surface area (TPSA) is 43.8 Å². The normalized spacial score (nSPS) is 11.2. The summed E-state index contributed by atoms with van der Waals surface area (Å²) in [5.41, 5.74) is 9.01. The summed E-state index contributed by atoms with van der Waals surface area (Å²) in [6.07, 6.45) is 0. The third kappa shape index (κ3) is 2.36. The Labute approximate surface area is 130 Å². The van der Waals surface area contributed by atoms with E-state index in [0.29, 0.717) is 29.0 Å². The summed E-state index contributed by atoms with van der Waals surface area (Å²) >= 11 is 3.42. The molecular weight excluding hydrogens is 333 g/mol. The molecule has 21 heavy (non-hydrogen) atoms. The van der Waals surface area contributed by atoms with Crippen LogP contribution in [-0.4, -0.2) is 9.55 Å². The van der Waals surface area contributed by atoms with E-state index in [0.717, 1.165) is 16.6 Å². The average Bonchev–Trinajstić information content (AvgIpc) is 2.84. The van der Waals surface area contributed by atoms with Gasteiger partial charge in [-0.05, 0) is 52.7 Å². The van der Waals surface area contributed by atoms with Crippen molar-refractivity contribution in [2.24, 2.45) is 5.73 Å². The lowest BCUT2D eigenvalue weighted by molar-refractivity contribution is 0.627. The number of halogens is 2. The third-order valence-corrected chi connectivity index (χ3v) is 4.21. The molecule has 108 valence electrons. The Bertz CT molecular complexity index is 790. The van der Waals surface area contributed by atoms with E-state index in [2.05, 4.69) is 20.9 Å². The van der Waals surface area contributed by atoms with E-state index in [4.69, 9.17) is 5.73 Å². The SMILES string of the molecule is CCn1c(-c2c(F)cccc2Br)nc2cc(CN)ccc21. The van der Waals surface area contributed by atoms with Crippen LogP contribution in [0.15, 0.2) is 40.9 Å². The van der Waals surface area contributed by atoms with Crippen molar-refractivity contribution in [2.75, 3.05) is 0 Å². The van der Waals surface area contributed by atoms with Gasteiger partial charge in [0, 0.05) is 17.6 Å². The fourth-order valence-electron chi connectivity index (χ4n) is 2.52. The molecule has 3 aromatic rings. The van der Waals surface area contributed by atoms with Crippen molar-refractivity contribution in [1.82, 2.24) is 9.55 Å². The smallest absolute Gasteiger partial charge is 0.145 e. The number of imidazole rings is 1. The highest BCUT2D eigenvalue weighted by molar-refractivity contribution is 9.10. The Kier molecular flexibility index (Phi) is 3.78. The van der Waals surface area contributed by atoms with Gasteiger partial charge < -0.3 is 10.3 Å². The van der Waals surface area contributed by atoms with Gasteiger partial charge in [0.15, 0.2) is 0 Å². The highest BCUT2D eigenvalue weighted by Crippen LogP contribution is 2.32. The largest absolute Gasteiger partial charge is 0.326 e. The Balaban J connectivity index is 2.32. The molecule has 0 unspecified atom stereocenters. The Morgan fingerprint density at radius 2 is 2.10 bits per heavy atom. The number of nitrogens with two attached hydrogens (primary N) is 1. The summed E-state index contributed by atoms with van der Waals surface area (Å²) in [5.74, 6) is 0.347. The van der Waals surface area contributed by atoms with Crippen molar-refractivity contribution in [2.45, 2.75) is 20.0 Å². The van der Waals surface area contributed by atoms with Gasteiger partial charge in [-0.25, -0.2) is 9.37 Å². The maximum Gasteiger partial charge on any atom is 0.145 e. The van der Waals surface area contributed by atoms with E-state index >= 15 is 0 Å².